The number of rotatable bonds is 4. The van der Waals surface area contributed by atoms with Crippen LogP contribution in [0.25, 0.3) is 0 Å². The Balaban J connectivity index is 2.50. The molecule has 0 aromatic carbocycles. The number of nitrogens with zero attached hydrogens (tertiary/aromatic N) is 3. The highest BCUT2D eigenvalue weighted by Gasteiger charge is 2.28. The van der Waals surface area contributed by atoms with Crippen molar-refractivity contribution in [3.05, 3.63) is 18.5 Å². The first-order valence-corrected chi connectivity index (χ1v) is 5.15. The molecule has 0 bridgehead atoms. The summed E-state index contributed by atoms with van der Waals surface area (Å²) in [7, 11) is 0. The van der Waals surface area contributed by atoms with Crippen LogP contribution < -0.4 is 5.32 Å². The van der Waals surface area contributed by atoms with Crippen LogP contribution in [-0.2, 0) is 11.3 Å². The van der Waals surface area contributed by atoms with E-state index in [0.29, 0.717) is 6.54 Å². The molecule has 0 aliphatic heterocycles. The molecule has 16 heavy (non-hydrogen) atoms. The number of carbonyl (C=O) groups is 1. The van der Waals surface area contributed by atoms with Crippen LogP contribution in [0.2, 0.25) is 0 Å². The van der Waals surface area contributed by atoms with Gasteiger partial charge in [-0.3, -0.25) is 9.48 Å². The van der Waals surface area contributed by atoms with Gasteiger partial charge < -0.3 is 5.32 Å². The minimum absolute atomic E-state index is 0.0555. The summed E-state index contributed by atoms with van der Waals surface area (Å²) in [5.74, 6) is -0.255. The molecule has 0 radical (unpaired) electrons. The van der Waals surface area contributed by atoms with E-state index in [0.717, 1.165) is 0 Å². The molecule has 1 rings (SSSR count). The van der Waals surface area contributed by atoms with Gasteiger partial charge in [-0.2, -0.15) is 10.4 Å². The number of amides is 1. The highest BCUT2D eigenvalue weighted by atomic mass is 16.2. The van der Waals surface area contributed by atoms with Crippen LogP contribution >= 0.6 is 0 Å². The molecule has 1 heterocycles. The van der Waals surface area contributed by atoms with Gasteiger partial charge in [0.05, 0.1) is 12.6 Å². The van der Waals surface area contributed by atoms with Crippen molar-refractivity contribution in [2.75, 3.05) is 0 Å². The van der Waals surface area contributed by atoms with Crippen molar-refractivity contribution in [1.29, 1.82) is 5.26 Å². The van der Waals surface area contributed by atoms with Crippen LogP contribution in [0.5, 0.6) is 0 Å². The van der Waals surface area contributed by atoms with E-state index in [1.807, 2.05) is 25.3 Å². The van der Waals surface area contributed by atoms with Crippen molar-refractivity contribution in [2.24, 2.45) is 5.41 Å². The van der Waals surface area contributed by atoms with Gasteiger partial charge in [0, 0.05) is 18.4 Å². The third-order valence-corrected chi connectivity index (χ3v) is 2.24. The van der Waals surface area contributed by atoms with Gasteiger partial charge in [-0.1, -0.05) is 0 Å². The monoisotopic (exact) mass is 220 g/mol. The molecular formula is C11H16N4O. The van der Waals surface area contributed by atoms with E-state index in [2.05, 4.69) is 10.4 Å². The zero-order valence-electron chi connectivity index (χ0n) is 9.77. The Hall–Kier alpha value is -1.83. The Morgan fingerprint density at radius 2 is 2.38 bits per heavy atom. The van der Waals surface area contributed by atoms with Crippen molar-refractivity contribution in [3.63, 3.8) is 0 Å². The normalized spacial score (nSPS) is 12.9. The first-order valence-electron chi connectivity index (χ1n) is 5.15. The zero-order chi connectivity index (χ0) is 12.2. The Kier molecular flexibility index (Phi) is 3.67. The lowest BCUT2D eigenvalue weighted by Crippen LogP contribution is -2.42. The SMILES string of the molecule is CC(Cn1cccn1)NC(=O)C(C)(C)C#N. The molecule has 1 aromatic rings. The molecule has 0 aliphatic rings. The number of aromatic nitrogens is 2. The molecule has 1 amide bonds. The van der Waals surface area contributed by atoms with Crippen LogP contribution in [0.4, 0.5) is 0 Å². The Morgan fingerprint density at radius 1 is 1.69 bits per heavy atom. The van der Waals surface area contributed by atoms with E-state index in [4.69, 9.17) is 5.26 Å². The van der Waals surface area contributed by atoms with E-state index < -0.39 is 5.41 Å². The van der Waals surface area contributed by atoms with Gasteiger partial charge >= 0.3 is 0 Å². The highest BCUT2D eigenvalue weighted by Crippen LogP contribution is 2.13. The van der Waals surface area contributed by atoms with E-state index in [1.165, 1.54) is 0 Å². The van der Waals surface area contributed by atoms with Crippen LogP contribution in [0.15, 0.2) is 18.5 Å². The van der Waals surface area contributed by atoms with Gasteiger partial charge in [-0.05, 0) is 26.8 Å². The predicted octanol–water partition coefficient (Wildman–Crippen LogP) is 0.938. The molecule has 0 saturated heterocycles. The van der Waals surface area contributed by atoms with E-state index >= 15 is 0 Å². The fourth-order valence-electron chi connectivity index (χ4n) is 1.19. The molecule has 1 N–H and O–H groups in total. The number of nitriles is 1. The van der Waals surface area contributed by atoms with Crippen LogP contribution in [-0.4, -0.2) is 21.7 Å². The maximum absolute atomic E-state index is 11.7. The molecular weight excluding hydrogens is 204 g/mol. The molecule has 1 aromatic heterocycles. The van der Waals surface area contributed by atoms with E-state index in [-0.39, 0.29) is 11.9 Å². The maximum atomic E-state index is 11.7. The Morgan fingerprint density at radius 3 is 2.88 bits per heavy atom. The zero-order valence-corrected chi connectivity index (χ0v) is 9.77. The third-order valence-electron chi connectivity index (χ3n) is 2.24. The average molecular weight is 220 g/mol. The summed E-state index contributed by atoms with van der Waals surface area (Å²) in [6, 6.07) is 3.74. The quantitative estimate of drug-likeness (QED) is 0.820. The predicted molar refractivity (Wildman–Crippen MR) is 59.2 cm³/mol. The van der Waals surface area contributed by atoms with Gasteiger partial charge in [0.2, 0.25) is 5.91 Å². The first kappa shape index (κ1) is 12.2. The van der Waals surface area contributed by atoms with Crippen LogP contribution in [0.3, 0.4) is 0 Å². The number of hydrogen-bond acceptors (Lipinski definition) is 3. The van der Waals surface area contributed by atoms with Crippen molar-refractivity contribution < 1.29 is 4.79 Å². The van der Waals surface area contributed by atoms with Gasteiger partial charge in [0.15, 0.2) is 0 Å². The third kappa shape index (κ3) is 3.09. The van der Waals surface area contributed by atoms with Crippen molar-refractivity contribution in [3.8, 4) is 6.07 Å². The fourth-order valence-corrected chi connectivity index (χ4v) is 1.19. The molecule has 5 heteroatoms. The second kappa shape index (κ2) is 4.79. The summed E-state index contributed by atoms with van der Waals surface area (Å²) in [5, 5.41) is 15.6. The Labute approximate surface area is 95.1 Å². The van der Waals surface area contributed by atoms with Crippen molar-refractivity contribution >= 4 is 5.91 Å². The van der Waals surface area contributed by atoms with Crippen LogP contribution in [0, 0.1) is 16.7 Å². The molecule has 0 fully saturated rings. The number of hydrogen-bond donors (Lipinski definition) is 1. The molecule has 0 saturated carbocycles. The summed E-state index contributed by atoms with van der Waals surface area (Å²) < 4.78 is 1.74. The lowest BCUT2D eigenvalue weighted by atomic mass is 9.94. The summed E-state index contributed by atoms with van der Waals surface area (Å²) >= 11 is 0. The van der Waals surface area contributed by atoms with Crippen molar-refractivity contribution in [1.82, 2.24) is 15.1 Å². The second-order valence-corrected chi connectivity index (χ2v) is 4.34. The lowest BCUT2D eigenvalue weighted by molar-refractivity contribution is -0.127. The molecule has 5 nitrogen and oxygen atoms in total. The second-order valence-electron chi connectivity index (χ2n) is 4.34. The fraction of sp³-hybridized carbons (Fsp3) is 0.545. The summed E-state index contributed by atoms with van der Waals surface area (Å²) in [6.45, 7) is 5.68. The molecule has 1 unspecified atom stereocenters. The minimum Gasteiger partial charge on any atom is -0.350 e. The van der Waals surface area contributed by atoms with Gasteiger partial charge in [-0.15, -0.1) is 0 Å². The smallest absolute Gasteiger partial charge is 0.240 e. The van der Waals surface area contributed by atoms with Crippen LogP contribution in [0.1, 0.15) is 20.8 Å². The topological polar surface area (TPSA) is 70.7 Å². The summed E-state index contributed by atoms with van der Waals surface area (Å²) in [5.41, 5.74) is -0.988. The number of nitrogens with one attached hydrogen (secondary N) is 1. The summed E-state index contributed by atoms with van der Waals surface area (Å²) in [4.78, 5) is 11.7. The van der Waals surface area contributed by atoms with Gasteiger partial charge in [-0.25, -0.2) is 0 Å². The maximum Gasteiger partial charge on any atom is 0.240 e. The molecule has 1 atom stereocenters. The van der Waals surface area contributed by atoms with E-state index in [9.17, 15) is 4.79 Å². The molecule has 86 valence electrons. The summed E-state index contributed by atoms with van der Waals surface area (Å²) in [6.07, 6.45) is 3.52. The molecule has 0 aliphatic carbocycles. The number of carbonyl (C=O) groups excluding carboxylic acids is 1. The Bertz CT molecular complexity index is 389. The van der Waals surface area contributed by atoms with Crippen molar-refractivity contribution in [2.45, 2.75) is 33.4 Å². The minimum atomic E-state index is -0.988. The largest absolute Gasteiger partial charge is 0.350 e. The highest BCUT2D eigenvalue weighted by molar-refractivity contribution is 5.84. The first-order chi connectivity index (χ1) is 7.45. The standard InChI is InChI=1S/C11H16N4O/c1-9(7-15-6-4-5-13-15)14-10(16)11(2,3)8-12/h4-6,9H,7H2,1-3H3,(H,14,16). The molecule has 0 spiro atoms. The van der Waals surface area contributed by atoms with Gasteiger partial charge in [0.1, 0.15) is 5.41 Å². The van der Waals surface area contributed by atoms with Gasteiger partial charge in [0.25, 0.3) is 0 Å². The lowest BCUT2D eigenvalue weighted by Gasteiger charge is -2.19. The van der Waals surface area contributed by atoms with E-state index in [1.54, 1.807) is 24.7 Å². The average Bonchev–Trinajstić information content (AvgIpc) is 2.70.